The standard InChI is InChI=1S/C23H30F3N5O3/c24-23(25,26)16-13-15(8-9-18(16)33-12-4-7-14-5-2-1-3-6-14)20-29-21(34-30-20)19-17(32)10-11-31(19)22(27)28/h8-9,13-14,17,19,32H,1-7,10-12H2,(H3,27,28)/p+1/t17-,19-/m0/s1. The Kier molecular flexibility index (Phi) is 7.30. The first kappa shape index (κ1) is 24.3. The van der Waals surface area contributed by atoms with Crippen molar-refractivity contribution in [1.29, 1.82) is 0 Å². The third-order valence-corrected chi connectivity index (χ3v) is 6.67. The van der Waals surface area contributed by atoms with Gasteiger partial charge in [0.15, 0.2) is 6.04 Å². The van der Waals surface area contributed by atoms with Gasteiger partial charge >= 0.3 is 12.1 Å². The molecule has 2 aliphatic rings. The van der Waals surface area contributed by atoms with Crippen LogP contribution in [0.1, 0.15) is 68.9 Å². The number of nitrogens with two attached hydrogens (primary N) is 2. The van der Waals surface area contributed by atoms with E-state index in [2.05, 4.69) is 10.1 Å². The topological polar surface area (TPSA) is 123 Å². The summed E-state index contributed by atoms with van der Waals surface area (Å²) < 4.78 is 53.6. The van der Waals surface area contributed by atoms with E-state index < -0.39 is 23.9 Å². The van der Waals surface area contributed by atoms with Crippen LogP contribution in [-0.2, 0) is 6.18 Å². The highest BCUT2D eigenvalue weighted by Gasteiger charge is 2.40. The van der Waals surface area contributed by atoms with Gasteiger partial charge in [-0.2, -0.15) is 18.2 Å². The first-order chi connectivity index (χ1) is 16.2. The smallest absolute Gasteiger partial charge is 0.419 e. The summed E-state index contributed by atoms with van der Waals surface area (Å²) in [7, 11) is 0. The quantitative estimate of drug-likeness (QED) is 0.313. The number of aliphatic hydroxyl groups excluding tert-OH is 1. The van der Waals surface area contributed by atoms with Gasteiger partial charge < -0.3 is 14.4 Å². The van der Waals surface area contributed by atoms with E-state index in [4.69, 9.17) is 20.7 Å². The molecular weight excluding hydrogens is 451 g/mol. The maximum atomic E-state index is 13.8. The minimum Gasteiger partial charge on any atom is -0.493 e. The lowest BCUT2D eigenvalue weighted by Crippen LogP contribution is -2.37. The van der Waals surface area contributed by atoms with Crippen molar-refractivity contribution in [2.45, 2.75) is 69.7 Å². The van der Waals surface area contributed by atoms with Gasteiger partial charge in [0.1, 0.15) is 5.75 Å². The van der Waals surface area contributed by atoms with Crippen LogP contribution >= 0.6 is 0 Å². The number of nitrogens with zero attached hydrogens (tertiary/aromatic N) is 3. The molecule has 2 aromatic rings. The summed E-state index contributed by atoms with van der Waals surface area (Å²) in [6.07, 6.45) is 2.77. The fourth-order valence-electron chi connectivity index (χ4n) is 4.88. The molecule has 1 aliphatic carbocycles. The van der Waals surface area contributed by atoms with Crippen LogP contribution in [0.25, 0.3) is 11.4 Å². The second kappa shape index (κ2) is 10.2. The molecule has 11 heteroatoms. The van der Waals surface area contributed by atoms with Gasteiger partial charge in [-0.1, -0.05) is 37.3 Å². The number of guanidine groups is 1. The number of aromatic nitrogens is 2. The van der Waals surface area contributed by atoms with Gasteiger partial charge in [0.05, 0.1) is 24.8 Å². The molecule has 2 heterocycles. The number of alkyl halides is 3. The average Bonchev–Trinajstić information content (AvgIpc) is 3.43. The zero-order valence-corrected chi connectivity index (χ0v) is 18.9. The summed E-state index contributed by atoms with van der Waals surface area (Å²) in [6.45, 7) is 0.634. The highest BCUT2D eigenvalue weighted by molar-refractivity contribution is 5.70. The molecule has 0 spiro atoms. The third-order valence-electron chi connectivity index (χ3n) is 6.67. The Hall–Kier alpha value is -2.82. The summed E-state index contributed by atoms with van der Waals surface area (Å²) in [6, 6.07) is 2.96. The Morgan fingerprint density at radius 2 is 1.94 bits per heavy atom. The molecule has 186 valence electrons. The van der Waals surface area contributed by atoms with E-state index in [1.165, 1.54) is 48.8 Å². The van der Waals surface area contributed by atoms with E-state index in [1.807, 2.05) is 0 Å². The van der Waals surface area contributed by atoms with E-state index in [1.54, 1.807) is 0 Å². The number of hydrogen-bond donors (Lipinski definition) is 3. The molecule has 4 rings (SSSR count). The van der Waals surface area contributed by atoms with Gasteiger partial charge in [-0.15, -0.1) is 0 Å². The van der Waals surface area contributed by atoms with Gasteiger partial charge in [0.25, 0.3) is 5.89 Å². The van der Waals surface area contributed by atoms with Crippen molar-refractivity contribution in [3.8, 4) is 17.1 Å². The van der Waals surface area contributed by atoms with Crippen LogP contribution in [0.4, 0.5) is 13.2 Å². The Morgan fingerprint density at radius 3 is 2.65 bits per heavy atom. The van der Waals surface area contributed by atoms with Crippen LogP contribution in [-0.4, -0.2) is 45.0 Å². The summed E-state index contributed by atoms with van der Waals surface area (Å²) in [5.74, 6) is 0.428. The molecule has 1 aromatic carbocycles. The first-order valence-electron chi connectivity index (χ1n) is 11.7. The molecule has 34 heavy (non-hydrogen) atoms. The van der Waals surface area contributed by atoms with Crippen molar-refractivity contribution in [2.75, 3.05) is 13.2 Å². The predicted octanol–water partition coefficient (Wildman–Crippen LogP) is 3.59. The van der Waals surface area contributed by atoms with Crippen molar-refractivity contribution in [2.24, 2.45) is 17.4 Å². The zero-order valence-electron chi connectivity index (χ0n) is 18.9. The highest BCUT2D eigenvalue weighted by Crippen LogP contribution is 2.39. The van der Waals surface area contributed by atoms with Gasteiger partial charge in [-0.3, -0.25) is 16.0 Å². The average molecular weight is 483 g/mol. The second-order valence-electron chi connectivity index (χ2n) is 9.08. The van der Waals surface area contributed by atoms with Crippen LogP contribution in [0.2, 0.25) is 0 Å². The number of halogens is 3. The van der Waals surface area contributed by atoms with E-state index in [0.717, 1.165) is 18.9 Å². The molecule has 8 nitrogen and oxygen atoms in total. The molecule has 1 aliphatic heterocycles. The van der Waals surface area contributed by atoms with E-state index in [0.29, 0.717) is 18.9 Å². The monoisotopic (exact) mass is 482 g/mol. The first-order valence-corrected chi connectivity index (χ1v) is 11.7. The summed E-state index contributed by atoms with van der Waals surface area (Å²) in [5, 5.41) is 14.1. The van der Waals surface area contributed by atoms with Crippen molar-refractivity contribution >= 4 is 5.96 Å². The lowest BCUT2D eigenvalue weighted by Gasteiger charge is -2.21. The van der Waals surface area contributed by atoms with Crippen molar-refractivity contribution in [3.05, 3.63) is 29.7 Å². The van der Waals surface area contributed by atoms with Crippen molar-refractivity contribution < 1.29 is 32.1 Å². The molecule has 0 radical (unpaired) electrons. The third kappa shape index (κ3) is 5.45. The maximum Gasteiger partial charge on any atom is 0.419 e. The molecule has 1 saturated carbocycles. The molecule has 5 N–H and O–H groups in total. The summed E-state index contributed by atoms with van der Waals surface area (Å²) in [5.41, 5.74) is 10.6. The summed E-state index contributed by atoms with van der Waals surface area (Å²) >= 11 is 0. The van der Waals surface area contributed by atoms with Crippen LogP contribution < -0.4 is 16.2 Å². The van der Waals surface area contributed by atoms with Gasteiger partial charge in [-0.05, 0) is 37.0 Å². The normalized spacial score (nSPS) is 21.7. The molecule has 0 amide bonds. The van der Waals surface area contributed by atoms with E-state index in [9.17, 15) is 18.3 Å². The van der Waals surface area contributed by atoms with Crippen LogP contribution in [0.15, 0.2) is 22.7 Å². The molecule has 1 aromatic heterocycles. The molecule has 2 fully saturated rings. The molecule has 0 bridgehead atoms. The molecule has 0 unspecified atom stereocenters. The van der Waals surface area contributed by atoms with Crippen LogP contribution in [0, 0.1) is 5.92 Å². The van der Waals surface area contributed by atoms with E-state index >= 15 is 0 Å². The van der Waals surface area contributed by atoms with Crippen LogP contribution in [0.3, 0.4) is 0 Å². The number of benzene rings is 1. The number of hydrogen-bond acceptors (Lipinski definition) is 5. The Balaban J connectivity index is 1.48. The lowest BCUT2D eigenvalue weighted by molar-refractivity contribution is -0.560. The Labute approximate surface area is 195 Å². The molecule has 1 saturated heterocycles. The number of rotatable bonds is 7. The summed E-state index contributed by atoms with van der Waals surface area (Å²) in [4.78, 5) is 4.21. The van der Waals surface area contributed by atoms with Crippen LogP contribution in [0.5, 0.6) is 5.75 Å². The lowest BCUT2D eigenvalue weighted by atomic mass is 9.86. The Morgan fingerprint density at radius 1 is 1.18 bits per heavy atom. The Bertz CT molecular complexity index is 1010. The van der Waals surface area contributed by atoms with Gasteiger partial charge in [0, 0.05) is 12.0 Å². The van der Waals surface area contributed by atoms with E-state index in [-0.39, 0.29) is 35.6 Å². The van der Waals surface area contributed by atoms with Gasteiger partial charge in [-0.25, -0.2) is 0 Å². The predicted molar refractivity (Wildman–Crippen MR) is 118 cm³/mol. The maximum absolute atomic E-state index is 13.8. The fraction of sp³-hybridized carbons (Fsp3) is 0.609. The minimum absolute atomic E-state index is 0.00866. The van der Waals surface area contributed by atoms with Crippen molar-refractivity contribution in [3.63, 3.8) is 0 Å². The largest absolute Gasteiger partial charge is 0.493 e. The SMILES string of the molecule is NC(N)=[N+]1CC[C@H](O)[C@H]1c1nc(-c2ccc(OCCCC3CCCCC3)c(C(F)(F)F)c2)no1. The molecular formula is C23H31F3N5O3+. The fourth-order valence-corrected chi connectivity index (χ4v) is 4.88. The zero-order chi connectivity index (χ0) is 24.3. The second-order valence-corrected chi connectivity index (χ2v) is 9.08. The minimum atomic E-state index is -4.61. The van der Waals surface area contributed by atoms with Gasteiger partial charge in [0.2, 0.25) is 5.82 Å². The number of aliphatic hydroxyl groups is 1. The highest BCUT2D eigenvalue weighted by atomic mass is 19.4. The number of ether oxygens (including phenoxy) is 1. The molecule has 2 atom stereocenters. The van der Waals surface area contributed by atoms with Crippen molar-refractivity contribution in [1.82, 2.24) is 10.1 Å².